The van der Waals surface area contributed by atoms with E-state index in [1.165, 1.54) is 0 Å². The van der Waals surface area contributed by atoms with Crippen molar-refractivity contribution in [3.05, 3.63) is 45.3 Å². The molecule has 0 fully saturated rings. The molecule has 0 aliphatic heterocycles. The van der Waals surface area contributed by atoms with E-state index < -0.39 is 0 Å². The molecule has 0 saturated carbocycles. The molecule has 1 aromatic carbocycles. The van der Waals surface area contributed by atoms with Crippen molar-refractivity contribution < 1.29 is 4.74 Å². The predicted molar refractivity (Wildman–Crippen MR) is 105 cm³/mol. The van der Waals surface area contributed by atoms with Crippen LogP contribution in [0.1, 0.15) is 30.5 Å². The molecule has 3 rings (SSSR count). The Kier molecular flexibility index (Phi) is 5.38. The van der Waals surface area contributed by atoms with Crippen LogP contribution in [0.5, 0.6) is 5.75 Å². The lowest BCUT2D eigenvalue weighted by molar-refractivity contribution is 0.415. The average Bonchev–Trinajstić information content (AvgIpc) is 3.03. The number of thiophene rings is 1. The number of aromatic nitrogens is 2. The molecule has 0 aliphatic rings. The lowest BCUT2D eigenvalue weighted by Crippen LogP contribution is -2.23. The molecule has 0 amide bonds. The summed E-state index contributed by atoms with van der Waals surface area (Å²) >= 11 is 1.58. The molecule has 5 nitrogen and oxygen atoms in total. The molecule has 2 heterocycles. The number of nitriles is 1. The van der Waals surface area contributed by atoms with Gasteiger partial charge in [0.2, 0.25) is 0 Å². The normalized spacial score (nSPS) is 10.8. The second kappa shape index (κ2) is 7.71. The fraction of sp³-hybridized carbons (Fsp3) is 0.350. The van der Waals surface area contributed by atoms with Crippen molar-refractivity contribution in [2.75, 3.05) is 7.11 Å². The highest BCUT2D eigenvalue weighted by atomic mass is 32.1. The molecular weight excluding hydrogens is 346 g/mol. The second-order valence-electron chi connectivity index (χ2n) is 6.04. The Balaban J connectivity index is 2.26. The number of fused-ring (bicyclic) bond motifs is 1. The Bertz CT molecular complexity index is 1040. The van der Waals surface area contributed by atoms with Crippen LogP contribution in [0.25, 0.3) is 21.3 Å². The summed E-state index contributed by atoms with van der Waals surface area (Å²) in [6.45, 7) is 4.45. The van der Waals surface area contributed by atoms with E-state index in [0.717, 1.165) is 33.0 Å². The summed E-state index contributed by atoms with van der Waals surface area (Å²) in [7, 11) is 1.64. The molecule has 0 bridgehead atoms. The molecule has 134 valence electrons. The summed E-state index contributed by atoms with van der Waals surface area (Å²) in [6, 6.07) is 9.92. The number of benzene rings is 1. The van der Waals surface area contributed by atoms with Gasteiger partial charge in [-0.15, -0.1) is 11.3 Å². The van der Waals surface area contributed by atoms with Gasteiger partial charge in [0.1, 0.15) is 16.4 Å². The largest absolute Gasteiger partial charge is 0.497 e. The van der Waals surface area contributed by atoms with Crippen molar-refractivity contribution in [3.8, 4) is 22.9 Å². The lowest BCUT2D eigenvalue weighted by atomic mass is 10.0. The molecule has 6 heteroatoms. The Morgan fingerprint density at radius 3 is 2.88 bits per heavy atom. The van der Waals surface area contributed by atoms with E-state index in [0.29, 0.717) is 30.6 Å². The molecule has 0 N–H and O–H groups in total. The van der Waals surface area contributed by atoms with Crippen LogP contribution in [0.4, 0.5) is 0 Å². The minimum absolute atomic E-state index is 0.0285. The second-order valence-corrected chi connectivity index (χ2v) is 7.13. The standard InChI is InChI=1S/C20H21N3O2S/c1-4-16-17(14-8-7-9-15(12-14)25-3)18-19(26-16)22-13(2)23(20(18)24)11-6-5-10-21/h7-9,12H,4-6,11H2,1-3H3. The first-order valence-electron chi connectivity index (χ1n) is 8.64. The number of hydrogen-bond acceptors (Lipinski definition) is 5. The monoisotopic (exact) mass is 367 g/mol. The maximum absolute atomic E-state index is 13.2. The minimum atomic E-state index is -0.0285. The zero-order valence-corrected chi connectivity index (χ0v) is 16.0. The molecule has 0 atom stereocenters. The summed E-state index contributed by atoms with van der Waals surface area (Å²) < 4.78 is 7.04. The molecule has 0 saturated heterocycles. The van der Waals surface area contributed by atoms with Crippen molar-refractivity contribution in [2.45, 2.75) is 39.7 Å². The third-order valence-electron chi connectivity index (χ3n) is 4.43. The van der Waals surface area contributed by atoms with E-state index in [1.807, 2.05) is 31.2 Å². The van der Waals surface area contributed by atoms with Crippen LogP contribution < -0.4 is 10.3 Å². The van der Waals surface area contributed by atoms with Crippen LogP contribution in [0.3, 0.4) is 0 Å². The molecule has 26 heavy (non-hydrogen) atoms. The Morgan fingerprint density at radius 1 is 1.38 bits per heavy atom. The summed E-state index contributed by atoms with van der Waals surface area (Å²) in [5.74, 6) is 1.46. The highest BCUT2D eigenvalue weighted by Crippen LogP contribution is 2.37. The van der Waals surface area contributed by atoms with Crippen LogP contribution in [0, 0.1) is 18.3 Å². The highest BCUT2D eigenvalue weighted by Gasteiger charge is 2.20. The quantitative estimate of drug-likeness (QED) is 0.609. The van der Waals surface area contributed by atoms with Crippen molar-refractivity contribution in [3.63, 3.8) is 0 Å². The first-order chi connectivity index (χ1) is 12.6. The van der Waals surface area contributed by atoms with E-state index in [-0.39, 0.29) is 5.56 Å². The van der Waals surface area contributed by atoms with Crippen molar-refractivity contribution in [2.24, 2.45) is 0 Å². The van der Waals surface area contributed by atoms with E-state index in [2.05, 4.69) is 18.0 Å². The Hall–Kier alpha value is -2.65. The van der Waals surface area contributed by atoms with E-state index in [4.69, 9.17) is 10.00 Å². The van der Waals surface area contributed by atoms with Crippen LogP contribution in [-0.2, 0) is 13.0 Å². The van der Waals surface area contributed by atoms with Gasteiger partial charge in [-0.1, -0.05) is 19.1 Å². The van der Waals surface area contributed by atoms with Crippen molar-refractivity contribution >= 4 is 21.6 Å². The molecular formula is C20H21N3O2S. The van der Waals surface area contributed by atoms with Crippen molar-refractivity contribution in [1.29, 1.82) is 5.26 Å². The number of ether oxygens (including phenoxy) is 1. The third-order valence-corrected chi connectivity index (χ3v) is 5.65. The average molecular weight is 367 g/mol. The van der Waals surface area contributed by atoms with Gasteiger partial charge in [0.15, 0.2) is 0 Å². The predicted octanol–water partition coefficient (Wildman–Crippen LogP) is 4.31. The summed E-state index contributed by atoms with van der Waals surface area (Å²) in [5, 5.41) is 9.44. The molecule has 0 unspecified atom stereocenters. The van der Waals surface area contributed by atoms with Gasteiger partial charge in [-0.2, -0.15) is 5.26 Å². The molecule has 2 aromatic heterocycles. The molecule has 0 radical (unpaired) electrons. The number of nitrogens with zero attached hydrogens (tertiary/aromatic N) is 3. The molecule has 3 aromatic rings. The minimum Gasteiger partial charge on any atom is -0.497 e. The van der Waals surface area contributed by atoms with Gasteiger partial charge in [-0.3, -0.25) is 9.36 Å². The van der Waals surface area contributed by atoms with Crippen molar-refractivity contribution in [1.82, 2.24) is 9.55 Å². The van der Waals surface area contributed by atoms with E-state index in [1.54, 1.807) is 23.0 Å². The smallest absolute Gasteiger partial charge is 0.262 e. The van der Waals surface area contributed by atoms with Gasteiger partial charge in [0.05, 0.1) is 18.6 Å². The number of aryl methyl sites for hydroxylation is 2. The van der Waals surface area contributed by atoms with E-state index >= 15 is 0 Å². The zero-order chi connectivity index (χ0) is 18.7. The van der Waals surface area contributed by atoms with E-state index in [9.17, 15) is 4.79 Å². The van der Waals surface area contributed by atoms with Crippen LogP contribution in [0.2, 0.25) is 0 Å². The zero-order valence-electron chi connectivity index (χ0n) is 15.2. The summed E-state index contributed by atoms with van der Waals surface area (Å²) in [4.78, 5) is 19.8. The maximum Gasteiger partial charge on any atom is 0.262 e. The van der Waals surface area contributed by atoms with Gasteiger partial charge in [0.25, 0.3) is 5.56 Å². The fourth-order valence-electron chi connectivity index (χ4n) is 3.14. The van der Waals surface area contributed by atoms with Gasteiger partial charge in [-0.05, 0) is 37.5 Å². The van der Waals surface area contributed by atoms with Crippen LogP contribution >= 0.6 is 11.3 Å². The SMILES string of the molecule is CCc1sc2nc(C)n(CCCC#N)c(=O)c2c1-c1cccc(OC)c1. The summed E-state index contributed by atoms with van der Waals surface area (Å²) in [5.41, 5.74) is 1.90. The summed E-state index contributed by atoms with van der Waals surface area (Å²) in [6.07, 6.45) is 1.90. The van der Waals surface area contributed by atoms with Gasteiger partial charge in [0, 0.05) is 23.4 Å². The lowest BCUT2D eigenvalue weighted by Gasteiger charge is -2.10. The van der Waals surface area contributed by atoms with Crippen LogP contribution in [0.15, 0.2) is 29.1 Å². The maximum atomic E-state index is 13.2. The number of methoxy groups -OCH3 is 1. The first kappa shape index (κ1) is 18.2. The third kappa shape index (κ3) is 3.23. The number of rotatable bonds is 6. The van der Waals surface area contributed by atoms with Gasteiger partial charge < -0.3 is 4.74 Å². The molecule has 0 aliphatic carbocycles. The molecule has 0 spiro atoms. The fourth-order valence-corrected chi connectivity index (χ4v) is 4.31. The first-order valence-corrected chi connectivity index (χ1v) is 9.46. The number of unbranched alkanes of at least 4 members (excludes halogenated alkanes) is 1. The van der Waals surface area contributed by atoms with Crippen LogP contribution in [-0.4, -0.2) is 16.7 Å². The Labute approximate surface area is 156 Å². The van der Waals surface area contributed by atoms with Gasteiger partial charge in [-0.25, -0.2) is 4.98 Å². The topological polar surface area (TPSA) is 67.9 Å². The van der Waals surface area contributed by atoms with Gasteiger partial charge >= 0.3 is 0 Å². The highest BCUT2D eigenvalue weighted by molar-refractivity contribution is 7.19. The Morgan fingerprint density at radius 2 is 2.19 bits per heavy atom. The number of hydrogen-bond donors (Lipinski definition) is 0.